The van der Waals surface area contributed by atoms with Gasteiger partial charge in [0.2, 0.25) is 0 Å². The van der Waals surface area contributed by atoms with Crippen molar-refractivity contribution in [3.05, 3.63) is 29.8 Å². The molecule has 0 aliphatic heterocycles. The summed E-state index contributed by atoms with van der Waals surface area (Å²) in [5, 5.41) is 13.6. The summed E-state index contributed by atoms with van der Waals surface area (Å²) in [5.74, 6) is 0.465. The predicted octanol–water partition coefficient (Wildman–Crippen LogP) is 2.63. The fourth-order valence-electron chi connectivity index (χ4n) is 6.28. The highest BCUT2D eigenvalue weighted by Gasteiger charge is 2.57. The predicted molar refractivity (Wildman–Crippen MR) is 110 cm³/mol. The molecule has 5 rings (SSSR count). The summed E-state index contributed by atoms with van der Waals surface area (Å²) in [6, 6.07) is 7.95. The highest BCUT2D eigenvalue weighted by Crippen LogP contribution is 2.62. The van der Waals surface area contributed by atoms with Crippen LogP contribution in [0.15, 0.2) is 24.3 Å². The summed E-state index contributed by atoms with van der Waals surface area (Å²) < 4.78 is 5.28. The second-order valence-electron chi connectivity index (χ2n) is 9.86. The van der Waals surface area contributed by atoms with E-state index < -0.39 is 5.60 Å². The molecule has 6 heteroatoms. The molecule has 1 amide bonds. The summed E-state index contributed by atoms with van der Waals surface area (Å²) in [4.78, 5) is 26.5. The van der Waals surface area contributed by atoms with Gasteiger partial charge in [0.15, 0.2) is 6.61 Å². The number of rotatable bonds is 7. The number of hydrogen-bond acceptors (Lipinski definition) is 5. The molecular formula is C23H32N2O4. The Hall–Kier alpha value is -2.08. The van der Waals surface area contributed by atoms with E-state index in [9.17, 15) is 14.7 Å². The number of hydrogen-bond donors (Lipinski definition) is 2. The SMILES string of the molecule is CN(C)c1ccc(CNC(=O)COC(=O)CC23C[C@@H]4C[C@@H](CC(O)(C4)C2)C3)cc1. The fourth-order valence-corrected chi connectivity index (χ4v) is 6.28. The lowest BCUT2D eigenvalue weighted by Crippen LogP contribution is -2.56. The third kappa shape index (κ3) is 4.58. The molecule has 0 heterocycles. The van der Waals surface area contributed by atoms with E-state index in [1.54, 1.807) is 0 Å². The number of anilines is 1. The molecule has 2 N–H and O–H groups in total. The maximum atomic E-state index is 12.4. The van der Waals surface area contributed by atoms with Crippen molar-refractivity contribution < 1.29 is 19.4 Å². The van der Waals surface area contributed by atoms with Gasteiger partial charge < -0.3 is 20.1 Å². The van der Waals surface area contributed by atoms with Gasteiger partial charge in [-0.05, 0) is 73.5 Å². The van der Waals surface area contributed by atoms with Crippen molar-refractivity contribution in [3.8, 4) is 0 Å². The quantitative estimate of drug-likeness (QED) is 0.688. The van der Waals surface area contributed by atoms with Crippen LogP contribution in [-0.2, 0) is 20.9 Å². The summed E-state index contributed by atoms with van der Waals surface area (Å²) in [6.07, 6.45) is 6.01. The van der Waals surface area contributed by atoms with Crippen LogP contribution in [0.4, 0.5) is 5.69 Å². The molecule has 4 atom stereocenters. The topological polar surface area (TPSA) is 78.9 Å². The Labute approximate surface area is 172 Å². The first-order valence-corrected chi connectivity index (χ1v) is 10.7. The average Bonchev–Trinajstić information content (AvgIpc) is 2.62. The van der Waals surface area contributed by atoms with Crippen LogP contribution in [0.3, 0.4) is 0 Å². The van der Waals surface area contributed by atoms with Crippen molar-refractivity contribution >= 4 is 17.6 Å². The number of aliphatic hydroxyl groups is 1. The van der Waals surface area contributed by atoms with Crippen LogP contribution in [0.25, 0.3) is 0 Å². The van der Waals surface area contributed by atoms with Gasteiger partial charge in [0.05, 0.1) is 12.0 Å². The maximum Gasteiger partial charge on any atom is 0.306 e. The van der Waals surface area contributed by atoms with E-state index in [1.165, 1.54) is 6.42 Å². The molecule has 4 fully saturated rings. The van der Waals surface area contributed by atoms with Crippen molar-refractivity contribution in [2.45, 2.75) is 57.1 Å². The Morgan fingerprint density at radius 3 is 2.38 bits per heavy atom. The van der Waals surface area contributed by atoms with E-state index in [0.717, 1.165) is 36.9 Å². The van der Waals surface area contributed by atoms with Gasteiger partial charge in [0.1, 0.15) is 0 Å². The van der Waals surface area contributed by atoms with Gasteiger partial charge in [0.25, 0.3) is 5.91 Å². The van der Waals surface area contributed by atoms with Crippen molar-refractivity contribution in [1.29, 1.82) is 0 Å². The molecule has 4 aliphatic carbocycles. The lowest BCUT2D eigenvalue weighted by Gasteiger charge is -2.60. The molecule has 4 aliphatic rings. The third-order valence-electron chi connectivity index (χ3n) is 6.98. The Kier molecular flexibility index (Phi) is 5.32. The van der Waals surface area contributed by atoms with Crippen LogP contribution >= 0.6 is 0 Å². The highest BCUT2D eigenvalue weighted by atomic mass is 16.5. The van der Waals surface area contributed by atoms with Crippen LogP contribution in [0.2, 0.25) is 0 Å². The summed E-state index contributed by atoms with van der Waals surface area (Å²) in [7, 11) is 3.96. The minimum atomic E-state index is -0.579. The minimum Gasteiger partial charge on any atom is -0.456 e. The minimum absolute atomic E-state index is 0.124. The number of nitrogens with one attached hydrogen (secondary N) is 1. The van der Waals surface area contributed by atoms with Crippen LogP contribution in [0.5, 0.6) is 0 Å². The van der Waals surface area contributed by atoms with Crippen LogP contribution in [0.1, 0.15) is 50.5 Å². The molecule has 1 aromatic rings. The van der Waals surface area contributed by atoms with Gasteiger partial charge in [-0.1, -0.05) is 12.1 Å². The van der Waals surface area contributed by atoms with Gasteiger partial charge in [-0.15, -0.1) is 0 Å². The number of carbonyl (C=O) groups is 2. The zero-order chi connectivity index (χ0) is 20.6. The van der Waals surface area contributed by atoms with Crippen molar-refractivity contribution in [2.75, 3.05) is 25.6 Å². The number of benzene rings is 1. The van der Waals surface area contributed by atoms with Crippen LogP contribution < -0.4 is 10.2 Å². The maximum absolute atomic E-state index is 12.4. The number of ether oxygens (including phenoxy) is 1. The van der Waals surface area contributed by atoms with Crippen molar-refractivity contribution in [2.24, 2.45) is 17.3 Å². The first-order chi connectivity index (χ1) is 13.7. The standard InChI is InChI=1S/C23H32N2O4/c1-25(2)19-5-3-16(4-6-19)13-24-20(26)14-29-21(27)12-22-8-17-7-18(9-22)11-23(28,10-17)15-22/h3-6,17-18,28H,7-15H2,1-2H3,(H,24,26)/t17-,18+,22?,23?. The van der Waals surface area contributed by atoms with Crippen molar-refractivity contribution in [3.63, 3.8) is 0 Å². The molecule has 4 bridgehead atoms. The van der Waals surface area contributed by atoms with E-state index in [-0.39, 0.29) is 23.9 Å². The van der Waals surface area contributed by atoms with Crippen molar-refractivity contribution in [1.82, 2.24) is 5.32 Å². The number of amides is 1. The number of carbonyl (C=O) groups excluding carboxylic acids is 2. The largest absolute Gasteiger partial charge is 0.456 e. The lowest BCUT2D eigenvalue weighted by atomic mass is 9.47. The normalized spacial score (nSPS) is 32.1. The molecular weight excluding hydrogens is 368 g/mol. The van der Waals surface area contributed by atoms with E-state index in [0.29, 0.717) is 31.2 Å². The van der Waals surface area contributed by atoms with E-state index in [4.69, 9.17) is 4.74 Å². The first kappa shape index (κ1) is 20.2. The van der Waals surface area contributed by atoms with Crippen LogP contribution in [0, 0.1) is 17.3 Å². The zero-order valence-electron chi connectivity index (χ0n) is 17.4. The Morgan fingerprint density at radius 1 is 1.14 bits per heavy atom. The molecule has 0 spiro atoms. The molecule has 2 unspecified atom stereocenters. The van der Waals surface area contributed by atoms with Gasteiger partial charge in [0, 0.05) is 26.3 Å². The second kappa shape index (κ2) is 7.63. The van der Waals surface area contributed by atoms with Gasteiger partial charge >= 0.3 is 5.97 Å². The summed E-state index contributed by atoms with van der Waals surface area (Å²) >= 11 is 0. The van der Waals surface area contributed by atoms with E-state index in [2.05, 4.69) is 5.32 Å². The average molecular weight is 401 g/mol. The Balaban J connectivity index is 1.22. The summed E-state index contributed by atoms with van der Waals surface area (Å²) in [6.45, 7) is 0.159. The zero-order valence-corrected chi connectivity index (χ0v) is 17.4. The molecule has 29 heavy (non-hydrogen) atoms. The van der Waals surface area contributed by atoms with E-state index in [1.807, 2.05) is 43.3 Å². The van der Waals surface area contributed by atoms with E-state index >= 15 is 0 Å². The van der Waals surface area contributed by atoms with Gasteiger partial charge in [-0.25, -0.2) is 0 Å². The van der Waals surface area contributed by atoms with Crippen LogP contribution in [-0.4, -0.2) is 43.3 Å². The monoisotopic (exact) mass is 400 g/mol. The fraction of sp³-hybridized carbons (Fsp3) is 0.652. The Morgan fingerprint density at radius 2 is 1.79 bits per heavy atom. The molecule has 0 saturated heterocycles. The Bertz CT molecular complexity index is 760. The first-order valence-electron chi connectivity index (χ1n) is 10.7. The lowest BCUT2D eigenvalue weighted by molar-refractivity contribution is -0.177. The molecule has 0 aromatic heterocycles. The molecule has 158 valence electrons. The molecule has 4 saturated carbocycles. The number of nitrogens with zero attached hydrogens (tertiary/aromatic N) is 1. The molecule has 0 radical (unpaired) electrons. The summed E-state index contributed by atoms with van der Waals surface area (Å²) in [5.41, 5.74) is 1.39. The number of esters is 1. The third-order valence-corrected chi connectivity index (χ3v) is 6.98. The molecule has 1 aromatic carbocycles. The van der Waals surface area contributed by atoms with Gasteiger partial charge in [-0.3, -0.25) is 9.59 Å². The smallest absolute Gasteiger partial charge is 0.306 e. The van der Waals surface area contributed by atoms with Gasteiger partial charge in [-0.2, -0.15) is 0 Å². The molecule has 6 nitrogen and oxygen atoms in total. The second-order valence-corrected chi connectivity index (χ2v) is 9.86. The highest BCUT2D eigenvalue weighted by molar-refractivity contribution is 5.80.